The molecule has 0 aliphatic heterocycles. The summed E-state index contributed by atoms with van der Waals surface area (Å²) in [6.07, 6.45) is 0. The molecule has 0 radical (unpaired) electrons. The number of thiophene rings is 1. The first-order chi connectivity index (χ1) is 10.1. The van der Waals surface area contributed by atoms with Gasteiger partial charge in [0.05, 0.1) is 22.0 Å². The van der Waals surface area contributed by atoms with Crippen molar-refractivity contribution in [3.63, 3.8) is 0 Å². The number of amides is 1. The predicted octanol–water partition coefficient (Wildman–Crippen LogP) is 3.64. The first-order valence-corrected chi connectivity index (χ1v) is 8.18. The minimum Gasteiger partial charge on any atom is -0.336 e. The number of hydrogen-bond acceptors (Lipinski definition) is 5. The van der Waals surface area contributed by atoms with Gasteiger partial charge in [0, 0.05) is 11.7 Å². The molecule has 0 aliphatic carbocycles. The average Bonchev–Trinajstić information content (AvgIpc) is 3.03. The molecule has 1 aromatic carbocycles. The molecule has 0 atom stereocenters. The van der Waals surface area contributed by atoms with Gasteiger partial charge in [-0.1, -0.05) is 22.7 Å². The number of aromatic nitrogens is 2. The SMILES string of the molecule is Cc1nnsc1CN(C)C(=O)c1sc2ccccc2c1C. The number of hydrogen-bond donors (Lipinski definition) is 0. The fourth-order valence-corrected chi connectivity index (χ4v) is 4.12. The smallest absolute Gasteiger partial charge is 0.264 e. The van der Waals surface area contributed by atoms with Crippen LogP contribution in [-0.2, 0) is 6.54 Å². The van der Waals surface area contributed by atoms with Gasteiger partial charge in [-0.3, -0.25) is 4.79 Å². The van der Waals surface area contributed by atoms with Gasteiger partial charge >= 0.3 is 0 Å². The molecule has 1 amide bonds. The lowest BCUT2D eigenvalue weighted by atomic mass is 10.1. The minimum absolute atomic E-state index is 0.0569. The summed E-state index contributed by atoms with van der Waals surface area (Å²) in [5.41, 5.74) is 1.96. The van der Waals surface area contributed by atoms with Crippen LogP contribution >= 0.6 is 22.9 Å². The van der Waals surface area contributed by atoms with Crippen LogP contribution in [0.5, 0.6) is 0 Å². The van der Waals surface area contributed by atoms with Crippen LogP contribution in [0.1, 0.15) is 25.8 Å². The minimum atomic E-state index is 0.0569. The lowest BCUT2D eigenvalue weighted by Crippen LogP contribution is -2.25. The molecular weight excluding hydrogens is 302 g/mol. The maximum Gasteiger partial charge on any atom is 0.264 e. The number of carbonyl (C=O) groups is 1. The maximum atomic E-state index is 12.7. The Balaban J connectivity index is 1.89. The highest BCUT2D eigenvalue weighted by molar-refractivity contribution is 7.21. The third kappa shape index (κ3) is 2.56. The summed E-state index contributed by atoms with van der Waals surface area (Å²) in [5.74, 6) is 0.0569. The molecule has 0 unspecified atom stereocenters. The van der Waals surface area contributed by atoms with Gasteiger partial charge in [0.25, 0.3) is 5.91 Å². The van der Waals surface area contributed by atoms with E-state index in [2.05, 4.69) is 21.7 Å². The summed E-state index contributed by atoms with van der Waals surface area (Å²) in [5, 5.41) is 5.15. The van der Waals surface area contributed by atoms with Crippen LogP contribution in [0.25, 0.3) is 10.1 Å². The van der Waals surface area contributed by atoms with Crippen molar-refractivity contribution in [2.75, 3.05) is 7.05 Å². The van der Waals surface area contributed by atoms with E-state index in [1.54, 1.807) is 16.2 Å². The molecule has 0 bridgehead atoms. The van der Waals surface area contributed by atoms with Gasteiger partial charge in [-0.25, -0.2) is 0 Å². The quantitative estimate of drug-likeness (QED) is 0.741. The Labute approximate surface area is 131 Å². The van der Waals surface area contributed by atoms with E-state index in [0.717, 1.165) is 31.1 Å². The number of carbonyl (C=O) groups excluding carboxylic acids is 1. The zero-order valence-electron chi connectivity index (χ0n) is 12.1. The molecule has 0 aliphatic rings. The molecule has 4 nitrogen and oxygen atoms in total. The molecule has 0 N–H and O–H groups in total. The van der Waals surface area contributed by atoms with E-state index in [1.165, 1.54) is 11.5 Å². The Bertz CT molecular complexity index is 806. The lowest BCUT2D eigenvalue weighted by molar-refractivity contribution is 0.0790. The van der Waals surface area contributed by atoms with Gasteiger partial charge in [0.15, 0.2) is 0 Å². The first kappa shape index (κ1) is 14.2. The summed E-state index contributed by atoms with van der Waals surface area (Å²) >= 11 is 2.91. The van der Waals surface area contributed by atoms with Crippen LogP contribution in [-0.4, -0.2) is 27.4 Å². The van der Waals surface area contributed by atoms with Crippen LogP contribution < -0.4 is 0 Å². The van der Waals surface area contributed by atoms with E-state index >= 15 is 0 Å². The second-order valence-electron chi connectivity index (χ2n) is 5.00. The highest BCUT2D eigenvalue weighted by atomic mass is 32.1. The molecular formula is C15H15N3OS2. The number of nitrogens with zero attached hydrogens (tertiary/aromatic N) is 3. The topological polar surface area (TPSA) is 46.1 Å². The van der Waals surface area contributed by atoms with Gasteiger partial charge in [-0.05, 0) is 42.4 Å². The Hall–Kier alpha value is -1.79. The normalized spacial score (nSPS) is 11.0. The van der Waals surface area contributed by atoms with Gasteiger partial charge < -0.3 is 4.90 Å². The molecule has 108 valence electrons. The van der Waals surface area contributed by atoms with Gasteiger partial charge in [-0.15, -0.1) is 16.4 Å². The summed E-state index contributed by atoms with van der Waals surface area (Å²) < 4.78 is 5.07. The summed E-state index contributed by atoms with van der Waals surface area (Å²) in [4.78, 5) is 16.3. The molecule has 0 saturated carbocycles. The van der Waals surface area contributed by atoms with Crippen LogP contribution in [0.3, 0.4) is 0 Å². The highest BCUT2D eigenvalue weighted by Crippen LogP contribution is 2.31. The number of benzene rings is 1. The third-order valence-corrected chi connectivity index (χ3v) is 5.58. The Morgan fingerprint density at radius 3 is 2.71 bits per heavy atom. The van der Waals surface area contributed by atoms with Gasteiger partial charge in [0.1, 0.15) is 0 Å². The molecule has 6 heteroatoms. The van der Waals surface area contributed by atoms with Gasteiger partial charge in [-0.2, -0.15) is 0 Å². The average molecular weight is 317 g/mol. The number of rotatable bonds is 3. The molecule has 0 fully saturated rings. The Kier molecular flexibility index (Phi) is 3.73. The van der Waals surface area contributed by atoms with Crippen molar-refractivity contribution in [2.24, 2.45) is 0 Å². The zero-order chi connectivity index (χ0) is 15.0. The Morgan fingerprint density at radius 2 is 2.05 bits per heavy atom. The third-order valence-electron chi connectivity index (χ3n) is 3.51. The lowest BCUT2D eigenvalue weighted by Gasteiger charge is -2.15. The second kappa shape index (κ2) is 5.54. The van der Waals surface area contributed by atoms with Crippen LogP contribution in [0.15, 0.2) is 24.3 Å². The van der Waals surface area contributed by atoms with E-state index < -0.39 is 0 Å². The van der Waals surface area contributed by atoms with Crippen LogP contribution in [0.2, 0.25) is 0 Å². The van der Waals surface area contributed by atoms with Crippen molar-refractivity contribution in [1.29, 1.82) is 0 Å². The van der Waals surface area contributed by atoms with Crippen LogP contribution in [0.4, 0.5) is 0 Å². The molecule has 0 saturated heterocycles. The van der Waals surface area contributed by atoms with E-state index in [9.17, 15) is 4.79 Å². The van der Waals surface area contributed by atoms with Crippen molar-refractivity contribution >= 4 is 38.9 Å². The van der Waals surface area contributed by atoms with Crippen molar-refractivity contribution in [2.45, 2.75) is 20.4 Å². The fourth-order valence-electron chi connectivity index (χ4n) is 2.23. The largest absolute Gasteiger partial charge is 0.336 e. The fraction of sp³-hybridized carbons (Fsp3) is 0.267. The van der Waals surface area contributed by atoms with E-state index in [0.29, 0.717) is 6.54 Å². The number of fused-ring (bicyclic) bond motifs is 1. The van der Waals surface area contributed by atoms with Crippen LogP contribution in [0, 0.1) is 13.8 Å². The molecule has 3 rings (SSSR count). The molecule has 3 aromatic rings. The zero-order valence-corrected chi connectivity index (χ0v) is 13.7. The molecule has 21 heavy (non-hydrogen) atoms. The summed E-state index contributed by atoms with van der Waals surface area (Å²) in [6.45, 7) is 4.48. The molecule has 2 aromatic heterocycles. The predicted molar refractivity (Wildman–Crippen MR) is 87.0 cm³/mol. The number of aryl methyl sites for hydroxylation is 2. The first-order valence-electron chi connectivity index (χ1n) is 6.59. The standard InChI is InChI=1S/C15H15N3OS2/c1-9-11-6-4-5-7-12(11)20-14(9)15(19)18(3)8-13-10(2)16-17-21-13/h4-7H,8H2,1-3H3. The Morgan fingerprint density at radius 1 is 1.29 bits per heavy atom. The van der Waals surface area contributed by atoms with E-state index in [1.807, 2.05) is 33.0 Å². The van der Waals surface area contributed by atoms with E-state index in [-0.39, 0.29) is 5.91 Å². The highest BCUT2D eigenvalue weighted by Gasteiger charge is 2.20. The van der Waals surface area contributed by atoms with Gasteiger partial charge in [0.2, 0.25) is 0 Å². The summed E-state index contributed by atoms with van der Waals surface area (Å²) in [6, 6.07) is 8.13. The summed E-state index contributed by atoms with van der Waals surface area (Å²) in [7, 11) is 1.82. The monoisotopic (exact) mass is 317 g/mol. The van der Waals surface area contributed by atoms with E-state index in [4.69, 9.17) is 0 Å². The molecule has 0 spiro atoms. The van der Waals surface area contributed by atoms with Crippen molar-refractivity contribution in [1.82, 2.24) is 14.5 Å². The van der Waals surface area contributed by atoms with Crippen molar-refractivity contribution in [3.8, 4) is 0 Å². The van der Waals surface area contributed by atoms with Crippen molar-refractivity contribution in [3.05, 3.63) is 45.3 Å². The maximum absolute atomic E-state index is 12.7. The van der Waals surface area contributed by atoms with Crippen molar-refractivity contribution < 1.29 is 4.79 Å². The second-order valence-corrected chi connectivity index (χ2v) is 6.89. The molecule has 2 heterocycles.